The number of unbranched alkanes of at least 4 members (excludes halogenated alkanes) is 16. The molecule has 48 heavy (non-hydrogen) atoms. The highest BCUT2D eigenvalue weighted by Gasteiger charge is 2.27. The van der Waals surface area contributed by atoms with Gasteiger partial charge in [-0.25, -0.2) is 4.57 Å². The number of nitrogens with zero attached hydrogens (tertiary/aromatic N) is 1. The molecule has 0 heterocycles. The van der Waals surface area contributed by atoms with Crippen molar-refractivity contribution in [3.63, 3.8) is 0 Å². The molecular weight excluding hydrogens is 629 g/mol. The van der Waals surface area contributed by atoms with E-state index in [1.165, 1.54) is 64.2 Å². The number of esters is 2. The quantitative estimate of drug-likeness (QED) is 0.0232. The van der Waals surface area contributed by atoms with E-state index in [1.807, 2.05) is 21.1 Å². The largest absolute Gasteiger partial charge is 0.472 e. The lowest BCUT2D eigenvalue weighted by Gasteiger charge is -2.24. The molecule has 10 heteroatoms. The van der Waals surface area contributed by atoms with E-state index in [4.69, 9.17) is 18.5 Å². The Morgan fingerprint density at radius 2 is 1.12 bits per heavy atom. The van der Waals surface area contributed by atoms with Crippen molar-refractivity contribution in [1.29, 1.82) is 0 Å². The van der Waals surface area contributed by atoms with E-state index in [-0.39, 0.29) is 32.0 Å². The van der Waals surface area contributed by atoms with Crippen LogP contribution in [0.5, 0.6) is 0 Å². The normalized spacial score (nSPS) is 14.0. The minimum Gasteiger partial charge on any atom is -0.462 e. The lowest BCUT2D eigenvalue weighted by Crippen LogP contribution is -2.37. The number of hydrogen-bond acceptors (Lipinski definition) is 7. The number of allylic oxidation sites excluding steroid dienone is 4. The van der Waals surface area contributed by atoms with Crippen molar-refractivity contribution in [2.45, 2.75) is 161 Å². The summed E-state index contributed by atoms with van der Waals surface area (Å²) >= 11 is 0. The number of likely N-dealkylation sites (N-methyl/N-ethyl adjacent to an activating group) is 1. The molecule has 0 aromatic heterocycles. The first-order valence-corrected chi connectivity index (χ1v) is 20.6. The molecule has 0 spiro atoms. The molecule has 0 aromatic rings. The first kappa shape index (κ1) is 46.5. The SMILES string of the molecule is CCCCC/C=C/C/C=C/CCCCCCCCCC(=O)OC[C@@H](COP(=O)(O)OCC[N+](C)(C)C)OC(=O)CCCCCCCCC. The number of hydrogen-bond donors (Lipinski definition) is 1. The number of carbonyl (C=O) groups excluding carboxylic acids is 2. The van der Waals surface area contributed by atoms with Crippen molar-refractivity contribution in [3.8, 4) is 0 Å². The molecule has 282 valence electrons. The fourth-order valence-electron chi connectivity index (χ4n) is 4.92. The van der Waals surface area contributed by atoms with Crippen LogP contribution in [0.1, 0.15) is 155 Å². The molecule has 0 fully saturated rings. The summed E-state index contributed by atoms with van der Waals surface area (Å²) in [5.41, 5.74) is 0. The molecule has 0 bridgehead atoms. The van der Waals surface area contributed by atoms with Crippen LogP contribution < -0.4 is 0 Å². The molecule has 1 unspecified atom stereocenters. The summed E-state index contributed by atoms with van der Waals surface area (Å²) < 4.78 is 34.0. The summed E-state index contributed by atoms with van der Waals surface area (Å²) in [5, 5.41) is 0. The molecule has 9 nitrogen and oxygen atoms in total. The van der Waals surface area contributed by atoms with Crippen molar-refractivity contribution < 1.29 is 42.1 Å². The van der Waals surface area contributed by atoms with Gasteiger partial charge in [-0.05, 0) is 44.9 Å². The molecule has 1 N–H and O–H groups in total. The fourth-order valence-corrected chi connectivity index (χ4v) is 5.67. The van der Waals surface area contributed by atoms with Gasteiger partial charge in [0.1, 0.15) is 19.8 Å². The Bertz CT molecular complexity index is 886. The number of quaternary nitrogens is 1. The maximum atomic E-state index is 12.5. The van der Waals surface area contributed by atoms with Crippen molar-refractivity contribution in [2.24, 2.45) is 0 Å². The Labute approximate surface area is 294 Å². The molecule has 0 radical (unpaired) electrons. The predicted molar refractivity (Wildman–Crippen MR) is 197 cm³/mol. The molecule has 0 aliphatic heterocycles. The van der Waals surface area contributed by atoms with Gasteiger partial charge in [-0.15, -0.1) is 0 Å². The fraction of sp³-hybridized carbons (Fsp3) is 0.842. The van der Waals surface area contributed by atoms with Gasteiger partial charge in [0.15, 0.2) is 6.10 Å². The van der Waals surface area contributed by atoms with E-state index >= 15 is 0 Å². The number of phosphoric acid groups is 1. The minimum absolute atomic E-state index is 0.0314. The topological polar surface area (TPSA) is 108 Å². The number of rotatable bonds is 34. The van der Waals surface area contributed by atoms with Crippen molar-refractivity contribution in [2.75, 3.05) is 47.5 Å². The minimum atomic E-state index is -4.36. The highest BCUT2D eigenvalue weighted by molar-refractivity contribution is 7.47. The third-order valence-corrected chi connectivity index (χ3v) is 8.97. The molecule has 0 amide bonds. The van der Waals surface area contributed by atoms with E-state index in [0.717, 1.165) is 57.8 Å². The molecule has 0 saturated carbocycles. The highest BCUT2D eigenvalue weighted by atomic mass is 31.2. The summed E-state index contributed by atoms with van der Waals surface area (Å²) in [6.45, 7) is 4.32. The predicted octanol–water partition coefficient (Wildman–Crippen LogP) is 10.0. The van der Waals surface area contributed by atoms with E-state index in [0.29, 0.717) is 17.4 Å². The summed E-state index contributed by atoms with van der Waals surface area (Å²) in [5.74, 6) is -0.814. The summed E-state index contributed by atoms with van der Waals surface area (Å²) in [6.07, 6.45) is 31.0. The lowest BCUT2D eigenvalue weighted by atomic mass is 10.1. The van der Waals surface area contributed by atoms with Crippen LogP contribution in [0.2, 0.25) is 0 Å². The standard InChI is InChI=1S/C38H72NO8P/c1-6-8-10-12-14-15-16-17-18-19-20-21-22-23-25-26-28-30-37(40)44-34-36(35-46-48(42,43)45-33-32-39(3,4)5)47-38(41)31-29-27-24-13-11-9-7-2/h14-15,17-18,36H,6-13,16,19-35H2,1-5H3/p+1/b15-14+,18-17+/t36-/m0/s1. The monoisotopic (exact) mass is 703 g/mol. The van der Waals surface area contributed by atoms with E-state index in [1.54, 1.807) is 0 Å². The van der Waals surface area contributed by atoms with Gasteiger partial charge < -0.3 is 18.9 Å². The second-order valence-corrected chi connectivity index (χ2v) is 15.4. The Hall–Kier alpha value is -1.51. The van der Waals surface area contributed by atoms with Crippen LogP contribution in [-0.2, 0) is 32.7 Å². The summed E-state index contributed by atoms with van der Waals surface area (Å²) in [7, 11) is 1.47. The summed E-state index contributed by atoms with van der Waals surface area (Å²) in [4.78, 5) is 35.0. The van der Waals surface area contributed by atoms with Gasteiger partial charge in [0.05, 0.1) is 27.7 Å². The second-order valence-electron chi connectivity index (χ2n) is 14.0. The molecule has 0 saturated heterocycles. The highest BCUT2D eigenvalue weighted by Crippen LogP contribution is 2.43. The van der Waals surface area contributed by atoms with Gasteiger partial charge in [0, 0.05) is 12.8 Å². The van der Waals surface area contributed by atoms with Crippen LogP contribution in [0.25, 0.3) is 0 Å². The number of ether oxygens (including phenoxy) is 2. The first-order valence-electron chi connectivity index (χ1n) is 19.1. The van der Waals surface area contributed by atoms with Crippen LogP contribution in [0, 0.1) is 0 Å². The van der Waals surface area contributed by atoms with Crippen LogP contribution in [0.15, 0.2) is 24.3 Å². The van der Waals surface area contributed by atoms with Gasteiger partial charge in [-0.2, -0.15) is 0 Å². The molecule has 0 rings (SSSR count). The molecule has 0 aromatic carbocycles. The Kier molecular flexibility index (Phi) is 30.5. The van der Waals surface area contributed by atoms with E-state index in [2.05, 4.69) is 38.2 Å². The van der Waals surface area contributed by atoms with Crippen LogP contribution in [0.4, 0.5) is 0 Å². The first-order chi connectivity index (χ1) is 23.0. The molecule has 2 atom stereocenters. The number of carbonyl (C=O) groups is 2. The van der Waals surface area contributed by atoms with E-state index < -0.39 is 26.5 Å². The van der Waals surface area contributed by atoms with Gasteiger partial charge >= 0.3 is 19.8 Å². The van der Waals surface area contributed by atoms with Gasteiger partial charge in [-0.1, -0.05) is 122 Å². The third-order valence-electron chi connectivity index (χ3n) is 7.98. The Morgan fingerprint density at radius 1 is 0.646 bits per heavy atom. The maximum Gasteiger partial charge on any atom is 0.472 e. The third kappa shape index (κ3) is 34.4. The average molecular weight is 703 g/mol. The Morgan fingerprint density at radius 3 is 1.69 bits per heavy atom. The lowest BCUT2D eigenvalue weighted by molar-refractivity contribution is -0.870. The molecular formula is C38H73NO8P+. The van der Waals surface area contributed by atoms with Crippen molar-refractivity contribution >= 4 is 19.8 Å². The van der Waals surface area contributed by atoms with Gasteiger partial charge in [0.25, 0.3) is 0 Å². The summed E-state index contributed by atoms with van der Waals surface area (Å²) in [6, 6.07) is 0. The smallest absolute Gasteiger partial charge is 0.462 e. The van der Waals surface area contributed by atoms with Crippen LogP contribution in [-0.4, -0.2) is 74.9 Å². The molecule has 0 aliphatic rings. The average Bonchev–Trinajstić information content (AvgIpc) is 3.02. The second kappa shape index (κ2) is 31.5. The van der Waals surface area contributed by atoms with Gasteiger partial charge in [0.2, 0.25) is 0 Å². The van der Waals surface area contributed by atoms with Crippen LogP contribution >= 0.6 is 7.82 Å². The van der Waals surface area contributed by atoms with E-state index in [9.17, 15) is 19.0 Å². The zero-order valence-corrected chi connectivity index (χ0v) is 32.4. The number of phosphoric ester groups is 1. The van der Waals surface area contributed by atoms with Crippen molar-refractivity contribution in [3.05, 3.63) is 24.3 Å². The zero-order valence-electron chi connectivity index (χ0n) is 31.5. The van der Waals surface area contributed by atoms with Crippen molar-refractivity contribution in [1.82, 2.24) is 0 Å². The maximum absolute atomic E-state index is 12.5. The Balaban J connectivity index is 4.32. The molecule has 0 aliphatic carbocycles. The van der Waals surface area contributed by atoms with Gasteiger partial charge in [-0.3, -0.25) is 18.6 Å². The zero-order chi connectivity index (χ0) is 35.8. The van der Waals surface area contributed by atoms with Crippen LogP contribution in [0.3, 0.4) is 0 Å².